The minimum Gasteiger partial charge on any atom is -0.300 e. The number of ketones is 1. The summed E-state index contributed by atoms with van der Waals surface area (Å²) in [6.45, 7) is 14.1. The summed E-state index contributed by atoms with van der Waals surface area (Å²) in [6, 6.07) is 0. The van der Waals surface area contributed by atoms with Gasteiger partial charge in [-0.2, -0.15) is 0 Å². The smallest absolute Gasteiger partial charge is 0.145 e. The zero-order chi connectivity index (χ0) is 15.3. The van der Waals surface area contributed by atoms with Crippen LogP contribution in [0.1, 0.15) is 73.6 Å². The Kier molecular flexibility index (Phi) is 6.52. The lowest BCUT2D eigenvalue weighted by Crippen LogP contribution is -2.43. The quantitative estimate of drug-likeness (QED) is 0.504. The number of carbonyl (C=O) groups is 1. The van der Waals surface area contributed by atoms with Crippen molar-refractivity contribution in [3.8, 4) is 11.5 Å². The second-order valence-electron chi connectivity index (χ2n) is 7.40. The molecule has 0 aromatic heterocycles. The van der Waals surface area contributed by atoms with Gasteiger partial charge in [0, 0.05) is 19.3 Å². The predicted octanol–water partition coefficient (Wildman–Crippen LogP) is 5.36. The van der Waals surface area contributed by atoms with Crippen molar-refractivity contribution < 1.29 is 4.79 Å². The zero-order valence-electron chi connectivity index (χ0n) is 14.3. The van der Waals surface area contributed by atoms with E-state index >= 15 is 0 Å². The first-order valence-electron chi connectivity index (χ1n) is 8.32. The van der Waals surface area contributed by atoms with Crippen molar-refractivity contribution in [1.82, 2.24) is 0 Å². The molecule has 0 aliphatic heterocycles. The van der Waals surface area contributed by atoms with Crippen molar-refractivity contribution in [2.24, 2.45) is 5.92 Å². The van der Waals surface area contributed by atoms with Crippen LogP contribution in [0.15, 0.2) is 0 Å². The third kappa shape index (κ3) is 3.98. The molecular weight excluding hydrogens is 260 g/mol. The van der Waals surface area contributed by atoms with E-state index in [4.69, 9.17) is 0 Å². The molecule has 0 heterocycles. The Labute approximate surface area is 126 Å². The molecule has 1 aliphatic rings. The topological polar surface area (TPSA) is 17.1 Å². The molecule has 0 amide bonds. The maximum atomic E-state index is 11.5. The lowest BCUT2D eigenvalue weighted by molar-refractivity contribution is -0.121. The number of hydrogen-bond acceptors (Lipinski definition) is 1. The van der Waals surface area contributed by atoms with Gasteiger partial charge in [0.25, 0.3) is 0 Å². The second-order valence-corrected chi connectivity index (χ2v) is 13.0. The number of carbonyl (C=O) groups excluding carboxylic acids is 1. The molecule has 1 aliphatic carbocycles. The van der Waals surface area contributed by atoms with Crippen molar-refractivity contribution in [3.05, 3.63) is 0 Å². The number of hydrogen-bond donors (Lipinski definition) is 0. The van der Waals surface area contributed by atoms with E-state index in [-0.39, 0.29) is 0 Å². The van der Waals surface area contributed by atoms with Crippen molar-refractivity contribution in [3.63, 3.8) is 0 Å². The molecule has 20 heavy (non-hydrogen) atoms. The summed E-state index contributed by atoms with van der Waals surface area (Å²) in [5.41, 5.74) is 5.86. The Morgan fingerprint density at radius 2 is 1.65 bits per heavy atom. The SMILES string of the molecule is CC(C)[Si](C#CCC1CCCC(=O)C1)(C(C)C)C(C)C. The van der Waals surface area contributed by atoms with Crippen LogP contribution >= 0.6 is 0 Å². The number of Topliss-reactive ketones (excluding diaryl/α,β-unsaturated/α-hetero) is 1. The van der Waals surface area contributed by atoms with E-state index in [1.54, 1.807) is 0 Å². The Morgan fingerprint density at radius 1 is 1.10 bits per heavy atom. The van der Waals surface area contributed by atoms with Gasteiger partial charge < -0.3 is 0 Å². The summed E-state index contributed by atoms with van der Waals surface area (Å²) in [4.78, 5) is 11.5. The molecule has 1 unspecified atom stereocenters. The third-order valence-corrected chi connectivity index (χ3v) is 11.5. The Morgan fingerprint density at radius 3 is 2.10 bits per heavy atom. The van der Waals surface area contributed by atoms with E-state index in [2.05, 4.69) is 53.0 Å². The van der Waals surface area contributed by atoms with Crippen molar-refractivity contribution in [2.45, 2.75) is 90.3 Å². The van der Waals surface area contributed by atoms with Crippen LogP contribution < -0.4 is 0 Å². The fourth-order valence-corrected chi connectivity index (χ4v) is 9.34. The molecule has 0 aromatic rings. The summed E-state index contributed by atoms with van der Waals surface area (Å²) >= 11 is 0. The molecule has 114 valence electrons. The van der Waals surface area contributed by atoms with Crippen LogP contribution in [0.2, 0.25) is 16.6 Å². The normalized spacial score (nSPS) is 20.4. The van der Waals surface area contributed by atoms with E-state index in [1.165, 1.54) is 6.42 Å². The van der Waals surface area contributed by atoms with E-state index in [9.17, 15) is 4.79 Å². The molecule has 0 radical (unpaired) electrons. The maximum absolute atomic E-state index is 11.5. The summed E-state index contributed by atoms with van der Waals surface area (Å²) in [5.74, 6) is 4.50. The van der Waals surface area contributed by atoms with Gasteiger partial charge >= 0.3 is 0 Å². The molecule has 0 N–H and O–H groups in total. The standard InChI is InChI=1S/C18H32OSi/c1-14(2)20(15(3)4,16(5)6)12-8-10-17-9-7-11-18(19)13-17/h14-17H,7,9-11,13H2,1-6H3. The van der Waals surface area contributed by atoms with Crippen LogP contribution in [0.5, 0.6) is 0 Å². The van der Waals surface area contributed by atoms with Gasteiger partial charge in [-0.15, -0.1) is 11.5 Å². The summed E-state index contributed by atoms with van der Waals surface area (Å²) in [7, 11) is -1.58. The van der Waals surface area contributed by atoms with Crippen LogP contribution in [-0.2, 0) is 4.79 Å². The summed E-state index contributed by atoms with van der Waals surface area (Å²) < 4.78 is 0. The molecule has 1 saturated carbocycles. The van der Waals surface area contributed by atoms with Gasteiger partial charge in [-0.3, -0.25) is 4.79 Å². The van der Waals surface area contributed by atoms with Crippen molar-refractivity contribution in [1.29, 1.82) is 0 Å². The fraction of sp³-hybridized carbons (Fsp3) is 0.833. The minimum atomic E-state index is -1.58. The van der Waals surface area contributed by atoms with E-state index in [0.29, 0.717) is 28.3 Å². The van der Waals surface area contributed by atoms with E-state index in [1.807, 2.05) is 0 Å². The van der Waals surface area contributed by atoms with Crippen LogP contribution in [0.25, 0.3) is 0 Å². The highest BCUT2D eigenvalue weighted by molar-refractivity contribution is 6.90. The molecule has 0 bridgehead atoms. The van der Waals surface area contributed by atoms with E-state index in [0.717, 1.165) is 25.7 Å². The van der Waals surface area contributed by atoms with E-state index < -0.39 is 8.07 Å². The van der Waals surface area contributed by atoms with Gasteiger partial charge in [0.1, 0.15) is 13.9 Å². The van der Waals surface area contributed by atoms with Gasteiger partial charge in [0.2, 0.25) is 0 Å². The maximum Gasteiger partial charge on any atom is 0.145 e. The molecule has 1 atom stereocenters. The lowest BCUT2D eigenvalue weighted by Gasteiger charge is -2.38. The highest BCUT2D eigenvalue weighted by atomic mass is 28.3. The highest BCUT2D eigenvalue weighted by Crippen LogP contribution is 2.40. The fourth-order valence-electron chi connectivity index (χ4n) is 4.07. The predicted molar refractivity (Wildman–Crippen MR) is 90.4 cm³/mol. The first-order valence-corrected chi connectivity index (χ1v) is 10.6. The third-order valence-electron chi connectivity index (χ3n) is 5.15. The lowest BCUT2D eigenvalue weighted by atomic mass is 9.86. The van der Waals surface area contributed by atoms with Crippen LogP contribution in [0.3, 0.4) is 0 Å². The summed E-state index contributed by atoms with van der Waals surface area (Å²) in [6.07, 6.45) is 4.78. The van der Waals surface area contributed by atoms with Gasteiger partial charge in [-0.05, 0) is 35.4 Å². The minimum absolute atomic E-state index is 0.447. The van der Waals surface area contributed by atoms with Crippen molar-refractivity contribution >= 4 is 13.9 Å². The average molecular weight is 293 g/mol. The molecule has 1 fully saturated rings. The average Bonchev–Trinajstić information content (AvgIpc) is 2.33. The molecular formula is C18H32OSi. The highest BCUT2D eigenvalue weighted by Gasteiger charge is 2.41. The van der Waals surface area contributed by atoms with Gasteiger partial charge in [0.15, 0.2) is 0 Å². The Hall–Kier alpha value is -0.553. The van der Waals surface area contributed by atoms with Crippen molar-refractivity contribution in [2.75, 3.05) is 0 Å². The molecule has 1 rings (SSSR count). The van der Waals surface area contributed by atoms with Gasteiger partial charge in [-0.25, -0.2) is 0 Å². The molecule has 0 aromatic carbocycles. The van der Waals surface area contributed by atoms with Crippen LogP contribution in [-0.4, -0.2) is 13.9 Å². The Balaban J connectivity index is 2.81. The second kappa shape index (κ2) is 7.45. The van der Waals surface area contributed by atoms with Crippen LogP contribution in [0, 0.1) is 17.4 Å². The van der Waals surface area contributed by atoms with Gasteiger partial charge in [-0.1, -0.05) is 41.5 Å². The van der Waals surface area contributed by atoms with Gasteiger partial charge in [0.05, 0.1) is 0 Å². The molecule has 0 saturated heterocycles. The summed E-state index contributed by atoms with van der Waals surface area (Å²) in [5, 5.41) is 0. The Bertz CT molecular complexity index is 362. The first kappa shape index (κ1) is 17.5. The monoisotopic (exact) mass is 292 g/mol. The number of rotatable bonds is 4. The molecule has 2 heteroatoms. The molecule has 1 nitrogen and oxygen atoms in total. The largest absolute Gasteiger partial charge is 0.300 e. The zero-order valence-corrected chi connectivity index (χ0v) is 15.3. The van der Waals surface area contributed by atoms with Crippen LogP contribution in [0.4, 0.5) is 0 Å². The first-order chi connectivity index (χ1) is 9.30. The molecule has 0 spiro atoms.